The molecule has 0 aliphatic rings. The Morgan fingerprint density at radius 1 is 1.00 bits per heavy atom. The summed E-state index contributed by atoms with van der Waals surface area (Å²) >= 11 is 15.3. The molecule has 0 radical (unpaired) electrons. The fraction of sp³-hybridized carbons (Fsp3) is 0. The molecule has 0 saturated carbocycles. The third kappa shape index (κ3) is 3.65. The number of halogens is 3. The number of sulfonamides is 1. The summed E-state index contributed by atoms with van der Waals surface area (Å²) in [5.74, 6) is 0.684. The number of primary sulfonamides is 1. The summed E-state index contributed by atoms with van der Waals surface area (Å²) in [6, 6.07) is 9.04. The Hall–Kier alpha value is -0.790. The first-order valence-corrected chi connectivity index (χ1v) is 8.32. The van der Waals surface area contributed by atoms with E-state index in [9.17, 15) is 8.42 Å². The lowest BCUT2D eigenvalue weighted by molar-refractivity contribution is 0.482. The minimum absolute atomic E-state index is 0.0863. The molecule has 2 N–H and O–H groups in total. The van der Waals surface area contributed by atoms with Crippen LogP contribution in [0.4, 0.5) is 0 Å². The number of hydrogen-bond acceptors (Lipinski definition) is 3. The molecule has 0 atom stereocenters. The molecule has 0 amide bonds. The highest BCUT2D eigenvalue weighted by Gasteiger charge is 2.12. The predicted octanol–water partition coefficient (Wildman–Crippen LogP) is 4.20. The fourth-order valence-electron chi connectivity index (χ4n) is 1.42. The average molecular weight is 397 g/mol. The first-order chi connectivity index (χ1) is 9.27. The molecule has 0 aliphatic carbocycles. The molecule has 0 saturated heterocycles. The molecule has 2 rings (SSSR count). The van der Waals surface area contributed by atoms with Gasteiger partial charge in [0.05, 0.1) is 14.9 Å². The van der Waals surface area contributed by atoms with Gasteiger partial charge in [0.15, 0.2) is 0 Å². The van der Waals surface area contributed by atoms with Gasteiger partial charge in [0, 0.05) is 4.47 Å². The zero-order valence-electron chi connectivity index (χ0n) is 9.81. The summed E-state index contributed by atoms with van der Waals surface area (Å²) in [5.41, 5.74) is 0. The van der Waals surface area contributed by atoms with Crippen LogP contribution in [-0.4, -0.2) is 8.42 Å². The predicted molar refractivity (Wildman–Crippen MR) is 82.1 cm³/mol. The Kier molecular flexibility index (Phi) is 4.61. The van der Waals surface area contributed by atoms with E-state index in [1.165, 1.54) is 18.2 Å². The van der Waals surface area contributed by atoms with Crippen molar-refractivity contribution in [1.29, 1.82) is 0 Å². The largest absolute Gasteiger partial charge is 0.454 e. The Morgan fingerprint density at radius 2 is 1.55 bits per heavy atom. The van der Waals surface area contributed by atoms with Gasteiger partial charge >= 0.3 is 0 Å². The summed E-state index contributed by atoms with van der Waals surface area (Å²) in [6.45, 7) is 0. The maximum Gasteiger partial charge on any atom is 0.238 e. The van der Waals surface area contributed by atoms with Crippen LogP contribution in [0.15, 0.2) is 45.8 Å². The minimum atomic E-state index is -3.80. The Labute approximate surface area is 134 Å². The third-order valence-electron chi connectivity index (χ3n) is 2.35. The average Bonchev–Trinajstić information content (AvgIpc) is 2.33. The summed E-state index contributed by atoms with van der Waals surface area (Å²) in [4.78, 5) is -0.0863. The summed E-state index contributed by atoms with van der Waals surface area (Å²) < 4.78 is 28.7. The standard InChI is InChI=1S/C12H8BrCl2NO3S/c13-7-1-3-11(9(14)5-7)19-12-4-2-8(6-10(12)15)20(16,17)18/h1-6H,(H2,16,17,18). The van der Waals surface area contributed by atoms with Crippen LogP contribution < -0.4 is 9.88 Å². The molecule has 0 aromatic heterocycles. The maximum atomic E-state index is 11.2. The van der Waals surface area contributed by atoms with E-state index in [-0.39, 0.29) is 15.7 Å². The lowest BCUT2D eigenvalue weighted by Gasteiger charge is -2.10. The molecule has 8 heteroatoms. The molecule has 0 fully saturated rings. The van der Waals surface area contributed by atoms with Crippen molar-refractivity contribution in [2.75, 3.05) is 0 Å². The van der Waals surface area contributed by atoms with Crippen molar-refractivity contribution in [1.82, 2.24) is 0 Å². The van der Waals surface area contributed by atoms with E-state index >= 15 is 0 Å². The van der Waals surface area contributed by atoms with Gasteiger partial charge in [0.2, 0.25) is 10.0 Å². The van der Waals surface area contributed by atoms with Crippen LogP contribution in [0.2, 0.25) is 10.0 Å². The van der Waals surface area contributed by atoms with Crippen LogP contribution in [0, 0.1) is 0 Å². The van der Waals surface area contributed by atoms with Crippen molar-refractivity contribution in [3.63, 3.8) is 0 Å². The highest BCUT2D eigenvalue weighted by Crippen LogP contribution is 2.35. The third-order valence-corrected chi connectivity index (χ3v) is 4.34. The van der Waals surface area contributed by atoms with Gasteiger partial charge in [-0.3, -0.25) is 0 Å². The SMILES string of the molecule is NS(=O)(=O)c1ccc(Oc2ccc(Br)cc2Cl)c(Cl)c1. The van der Waals surface area contributed by atoms with Gasteiger partial charge in [0.25, 0.3) is 0 Å². The van der Waals surface area contributed by atoms with Gasteiger partial charge in [0.1, 0.15) is 11.5 Å². The van der Waals surface area contributed by atoms with Crippen molar-refractivity contribution in [2.45, 2.75) is 4.90 Å². The van der Waals surface area contributed by atoms with Crippen LogP contribution in [0.3, 0.4) is 0 Å². The Morgan fingerprint density at radius 3 is 2.05 bits per heavy atom. The number of hydrogen-bond donors (Lipinski definition) is 1. The fourth-order valence-corrected chi connectivity index (χ4v) is 2.95. The lowest BCUT2D eigenvalue weighted by atomic mass is 10.3. The molecular weight excluding hydrogens is 389 g/mol. The molecule has 0 spiro atoms. The van der Waals surface area contributed by atoms with E-state index in [1.807, 2.05) is 0 Å². The molecular formula is C12H8BrCl2NO3S. The second-order valence-corrected chi connectivity index (χ2v) is 7.11. The van der Waals surface area contributed by atoms with Crippen molar-refractivity contribution >= 4 is 49.2 Å². The highest BCUT2D eigenvalue weighted by atomic mass is 79.9. The van der Waals surface area contributed by atoms with Crippen LogP contribution in [0.25, 0.3) is 0 Å². The topological polar surface area (TPSA) is 69.4 Å². The van der Waals surface area contributed by atoms with Crippen molar-refractivity contribution in [3.8, 4) is 11.5 Å². The van der Waals surface area contributed by atoms with Gasteiger partial charge in [-0.2, -0.15) is 0 Å². The molecule has 0 aliphatic heterocycles. The van der Waals surface area contributed by atoms with E-state index in [1.54, 1.807) is 18.2 Å². The highest BCUT2D eigenvalue weighted by molar-refractivity contribution is 9.10. The molecule has 0 bridgehead atoms. The van der Waals surface area contributed by atoms with E-state index in [4.69, 9.17) is 33.1 Å². The monoisotopic (exact) mass is 395 g/mol. The van der Waals surface area contributed by atoms with E-state index in [0.29, 0.717) is 10.8 Å². The van der Waals surface area contributed by atoms with Crippen molar-refractivity contribution < 1.29 is 13.2 Å². The normalized spacial score (nSPS) is 11.4. The smallest absolute Gasteiger partial charge is 0.238 e. The van der Waals surface area contributed by atoms with Gasteiger partial charge in [-0.1, -0.05) is 39.1 Å². The zero-order chi connectivity index (χ0) is 14.9. The molecule has 4 nitrogen and oxygen atoms in total. The van der Waals surface area contributed by atoms with Gasteiger partial charge in [-0.05, 0) is 36.4 Å². The first kappa shape index (κ1) is 15.6. The number of nitrogens with two attached hydrogens (primary N) is 1. The number of benzene rings is 2. The van der Waals surface area contributed by atoms with Gasteiger partial charge in [-0.25, -0.2) is 13.6 Å². The Balaban J connectivity index is 2.35. The Bertz CT molecular complexity index is 765. The second-order valence-electron chi connectivity index (χ2n) is 3.81. The van der Waals surface area contributed by atoms with Crippen LogP contribution >= 0.6 is 39.1 Å². The molecule has 0 heterocycles. The number of ether oxygens (including phenoxy) is 1. The molecule has 0 unspecified atom stereocenters. The van der Waals surface area contributed by atoms with E-state index in [0.717, 1.165) is 4.47 Å². The van der Waals surface area contributed by atoms with Gasteiger partial charge in [-0.15, -0.1) is 0 Å². The lowest BCUT2D eigenvalue weighted by Crippen LogP contribution is -2.11. The summed E-state index contributed by atoms with van der Waals surface area (Å²) in [6.07, 6.45) is 0. The first-order valence-electron chi connectivity index (χ1n) is 5.22. The molecule has 106 valence electrons. The van der Waals surface area contributed by atoms with Crippen LogP contribution in [0.1, 0.15) is 0 Å². The van der Waals surface area contributed by atoms with E-state index < -0.39 is 10.0 Å². The minimum Gasteiger partial charge on any atom is -0.454 e. The molecule has 2 aromatic rings. The summed E-state index contributed by atoms with van der Waals surface area (Å²) in [5, 5.41) is 5.53. The van der Waals surface area contributed by atoms with Crippen molar-refractivity contribution in [3.05, 3.63) is 50.9 Å². The van der Waals surface area contributed by atoms with Gasteiger partial charge < -0.3 is 4.74 Å². The van der Waals surface area contributed by atoms with Crippen LogP contribution in [0.5, 0.6) is 11.5 Å². The van der Waals surface area contributed by atoms with Crippen LogP contribution in [-0.2, 0) is 10.0 Å². The zero-order valence-corrected chi connectivity index (χ0v) is 13.7. The quantitative estimate of drug-likeness (QED) is 0.845. The maximum absolute atomic E-state index is 11.2. The van der Waals surface area contributed by atoms with Crippen molar-refractivity contribution in [2.24, 2.45) is 5.14 Å². The summed E-state index contributed by atoms with van der Waals surface area (Å²) in [7, 11) is -3.80. The molecule has 2 aromatic carbocycles. The number of rotatable bonds is 3. The van der Waals surface area contributed by atoms with E-state index in [2.05, 4.69) is 15.9 Å². The molecule has 20 heavy (non-hydrogen) atoms. The second kappa shape index (κ2) is 5.91.